The van der Waals surface area contributed by atoms with E-state index in [2.05, 4.69) is 10.6 Å². The number of esters is 1. The first-order valence-corrected chi connectivity index (χ1v) is 14.4. The van der Waals surface area contributed by atoms with E-state index in [4.69, 9.17) is 9.47 Å². The lowest BCUT2D eigenvalue weighted by Crippen LogP contribution is -2.61. The number of carbonyl (C=O) groups excluding carboxylic acids is 4. The molecule has 10 nitrogen and oxygen atoms in total. The predicted molar refractivity (Wildman–Crippen MR) is 166 cm³/mol. The molecular formula is C33H39N4O6+. The predicted octanol–water partition coefficient (Wildman–Crippen LogP) is 5.13. The Labute approximate surface area is 252 Å². The van der Waals surface area contributed by atoms with E-state index in [1.807, 2.05) is 55.6 Å². The van der Waals surface area contributed by atoms with Crippen LogP contribution in [0.4, 0.5) is 21.9 Å². The van der Waals surface area contributed by atoms with Gasteiger partial charge in [-0.05, 0) is 49.2 Å². The number of para-hydroxylation sites is 3. The fraction of sp³-hybridized carbons (Fsp3) is 0.333. The summed E-state index contributed by atoms with van der Waals surface area (Å²) in [5, 5.41) is 5.35. The molecule has 4 rings (SSSR count). The number of benzene rings is 3. The van der Waals surface area contributed by atoms with Gasteiger partial charge in [-0.25, -0.2) is 18.9 Å². The molecule has 1 atom stereocenters. The lowest BCUT2D eigenvalue weighted by atomic mass is 9.91. The number of hydrogen-bond donors (Lipinski definition) is 2. The van der Waals surface area contributed by atoms with E-state index in [1.165, 1.54) is 18.1 Å². The molecule has 3 aromatic rings. The normalized spacial score (nSPS) is 14.6. The van der Waals surface area contributed by atoms with E-state index in [0.717, 1.165) is 37.8 Å². The molecule has 0 radical (unpaired) electrons. The molecule has 0 spiro atoms. The summed E-state index contributed by atoms with van der Waals surface area (Å²) < 4.78 is 10.7. The van der Waals surface area contributed by atoms with Gasteiger partial charge < -0.3 is 25.0 Å². The SMILES string of the molecule is COC(=O)c1cccc(NC(=O)NCC(=O)[N+](C)(c2ccccc2OCC(=O)N(C)c2ccccc2)C2CCCCC2)c1. The number of rotatable bonds is 10. The molecule has 0 bridgehead atoms. The second kappa shape index (κ2) is 14.5. The molecule has 226 valence electrons. The third-order valence-electron chi connectivity index (χ3n) is 8.00. The third-order valence-corrected chi connectivity index (χ3v) is 8.00. The van der Waals surface area contributed by atoms with E-state index >= 15 is 0 Å². The molecule has 1 saturated carbocycles. The smallest absolute Gasteiger partial charge is 0.338 e. The zero-order chi connectivity index (χ0) is 30.8. The standard InChI is InChI=1S/C33H38N4O6/c1-36(26-15-6-4-7-16-26)30(38)23-43-29-20-11-10-19-28(29)37(2,27-17-8-5-9-18-27)31(39)22-34-33(41)35-25-14-12-13-24(21-25)32(40)42-3/h4,6-7,10-16,19-21,27H,5,8-9,17-18,22-23H2,1-3H3,(H-,34,35,41)/p+1. The van der Waals surface area contributed by atoms with Crippen molar-refractivity contribution in [3.05, 3.63) is 84.4 Å². The summed E-state index contributed by atoms with van der Waals surface area (Å²) in [6, 6.07) is 22.3. The maximum atomic E-state index is 14.0. The van der Waals surface area contributed by atoms with Crippen LogP contribution >= 0.6 is 0 Å². The Kier molecular flexibility index (Phi) is 10.5. The second-order valence-electron chi connectivity index (χ2n) is 10.7. The fourth-order valence-electron chi connectivity index (χ4n) is 5.46. The zero-order valence-electron chi connectivity index (χ0n) is 24.9. The van der Waals surface area contributed by atoms with Gasteiger partial charge in [0.2, 0.25) is 0 Å². The first-order chi connectivity index (χ1) is 20.7. The minimum atomic E-state index is -0.579. The largest absolute Gasteiger partial charge is 0.477 e. The molecule has 1 fully saturated rings. The van der Waals surface area contributed by atoms with Crippen LogP contribution in [0, 0.1) is 0 Å². The number of hydrogen-bond acceptors (Lipinski definition) is 6. The number of amides is 4. The molecule has 0 aromatic heterocycles. The van der Waals surface area contributed by atoms with Crippen LogP contribution in [0.3, 0.4) is 0 Å². The van der Waals surface area contributed by atoms with Gasteiger partial charge in [-0.15, -0.1) is 0 Å². The maximum Gasteiger partial charge on any atom is 0.338 e. The Hall–Kier alpha value is -4.70. The van der Waals surface area contributed by atoms with Crippen molar-refractivity contribution in [3.8, 4) is 5.75 Å². The summed E-state index contributed by atoms with van der Waals surface area (Å²) in [5.74, 6) is -0.514. The van der Waals surface area contributed by atoms with Crippen molar-refractivity contribution in [2.45, 2.75) is 38.1 Å². The van der Waals surface area contributed by atoms with Gasteiger partial charge >= 0.3 is 17.9 Å². The minimum absolute atomic E-state index is 0.0182. The molecule has 1 aliphatic carbocycles. The highest BCUT2D eigenvalue weighted by Gasteiger charge is 2.44. The van der Waals surface area contributed by atoms with Crippen LogP contribution in [0.15, 0.2) is 78.9 Å². The number of urea groups is 1. The summed E-state index contributed by atoms with van der Waals surface area (Å²) in [7, 11) is 4.84. The van der Waals surface area contributed by atoms with Crippen LogP contribution in [-0.4, -0.2) is 64.2 Å². The minimum Gasteiger partial charge on any atom is -0.477 e. The Morgan fingerprint density at radius 3 is 2.33 bits per heavy atom. The number of likely N-dealkylation sites (N-methyl/N-ethyl adjacent to an activating group) is 2. The summed E-state index contributed by atoms with van der Waals surface area (Å²) in [6.45, 7) is -0.438. The summed E-state index contributed by atoms with van der Waals surface area (Å²) in [6.07, 6.45) is 4.80. The lowest BCUT2D eigenvalue weighted by molar-refractivity contribution is -0.130. The van der Waals surface area contributed by atoms with E-state index in [0.29, 0.717) is 22.7 Å². The van der Waals surface area contributed by atoms with Crippen LogP contribution in [0.5, 0.6) is 5.75 Å². The van der Waals surface area contributed by atoms with Crippen molar-refractivity contribution >= 4 is 40.9 Å². The number of nitrogens with one attached hydrogen (secondary N) is 2. The van der Waals surface area contributed by atoms with Crippen LogP contribution < -0.4 is 24.8 Å². The quantitative estimate of drug-likeness (QED) is 0.251. The highest BCUT2D eigenvalue weighted by molar-refractivity contribution is 5.98. The van der Waals surface area contributed by atoms with Crippen LogP contribution in [0.1, 0.15) is 42.5 Å². The van der Waals surface area contributed by atoms with Crippen molar-refractivity contribution in [1.29, 1.82) is 0 Å². The molecule has 1 unspecified atom stereocenters. The van der Waals surface area contributed by atoms with Gasteiger partial charge in [-0.2, -0.15) is 0 Å². The van der Waals surface area contributed by atoms with E-state index in [9.17, 15) is 19.2 Å². The van der Waals surface area contributed by atoms with Crippen molar-refractivity contribution in [2.75, 3.05) is 44.6 Å². The number of methoxy groups -OCH3 is 1. The third kappa shape index (κ3) is 7.58. The van der Waals surface area contributed by atoms with Gasteiger partial charge in [-0.3, -0.25) is 4.79 Å². The number of ether oxygens (including phenoxy) is 2. The lowest BCUT2D eigenvalue weighted by Gasteiger charge is -2.41. The highest BCUT2D eigenvalue weighted by atomic mass is 16.5. The van der Waals surface area contributed by atoms with Gasteiger partial charge in [0.15, 0.2) is 18.0 Å². The topological polar surface area (TPSA) is 114 Å². The van der Waals surface area contributed by atoms with E-state index in [-0.39, 0.29) is 35.5 Å². The van der Waals surface area contributed by atoms with Crippen molar-refractivity contribution in [2.24, 2.45) is 0 Å². The summed E-state index contributed by atoms with van der Waals surface area (Å²) in [4.78, 5) is 53.1. The molecule has 4 amide bonds. The number of quaternary nitrogens is 1. The number of nitrogens with zero attached hydrogens (tertiary/aromatic N) is 2. The molecule has 0 aliphatic heterocycles. The van der Waals surface area contributed by atoms with Gasteiger partial charge in [-0.1, -0.05) is 42.8 Å². The molecule has 0 heterocycles. The van der Waals surface area contributed by atoms with Crippen molar-refractivity contribution < 1.29 is 28.7 Å². The summed E-state index contributed by atoms with van der Waals surface area (Å²) in [5.41, 5.74) is 2.08. The average molecular weight is 588 g/mol. The highest BCUT2D eigenvalue weighted by Crippen LogP contribution is 2.39. The summed E-state index contributed by atoms with van der Waals surface area (Å²) >= 11 is 0. The van der Waals surface area contributed by atoms with Gasteiger partial charge in [0.1, 0.15) is 12.6 Å². The van der Waals surface area contributed by atoms with Crippen molar-refractivity contribution in [1.82, 2.24) is 9.80 Å². The molecule has 10 heteroatoms. The monoisotopic (exact) mass is 587 g/mol. The first-order valence-electron chi connectivity index (χ1n) is 14.4. The molecule has 2 N–H and O–H groups in total. The fourth-order valence-corrected chi connectivity index (χ4v) is 5.46. The number of carbonyl (C=O) groups is 4. The Morgan fingerprint density at radius 2 is 1.60 bits per heavy atom. The number of anilines is 2. The Bertz CT molecular complexity index is 1440. The van der Waals surface area contributed by atoms with Gasteiger partial charge in [0, 0.05) is 37.3 Å². The van der Waals surface area contributed by atoms with Gasteiger partial charge in [0.25, 0.3) is 5.91 Å². The van der Waals surface area contributed by atoms with E-state index in [1.54, 1.807) is 31.3 Å². The van der Waals surface area contributed by atoms with Crippen molar-refractivity contribution in [3.63, 3.8) is 0 Å². The molecule has 43 heavy (non-hydrogen) atoms. The first kappa shape index (κ1) is 31.2. The molecule has 0 saturated heterocycles. The molecule has 3 aromatic carbocycles. The molecular weight excluding hydrogens is 548 g/mol. The average Bonchev–Trinajstić information content (AvgIpc) is 3.06. The Morgan fingerprint density at radius 1 is 0.907 bits per heavy atom. The second-order valence-corrected chi connectivity index (χ2v) is 10.7. The van der Waals surface area contributed by atoms with Crippen LogP contribution in [0.25, 0.3) is 0 Å². The maximum absolute atomic E-state index is 14.0. The van der Waals surface area contributed by atoms with Gasteiger partial charge in [0.05, 0.1) is 19.7 Å². The zero-order valence-corrected chi connectivity index (χ0v) is 24.9. The van der Waals surface area contributed by atoms with Crippen LogP contribution in [-0.2, 0) is 14.3 Å². The Balaban J connectivity index is 1.50. The van der Waals surface area contributed by atoms with E-state index < -0.39 is 12.0 Å². The molecule has 1 aliphatic rings. The van der Waals surface area contributed by atoms with Crippen LogP contribution in [0.2, 0.25) is 0 Å².